The molecule has 0 rings (SSSR count). The monoisotopic (exact) mass is 165 g/mol. The van der Waals surface area contributed by atoms with E-state index in [9.17, 15) is 0 Å². The minimum Gasteiger partial charge on any atom is -0.293 e. The maximum Gasteiger partial charge on any atom is 0.0389 e. The van der Waals surface area contributed by atoms with Gasteiger partial charge in [-0.15, -0.1) is 0 Å². The molecule has 0 saturated carbocycles. The summed E-state index contributed by atoms with van der Waals surface area (Å²) >= 11 is 0. The molecule has 0 fully saturated rings. The Balaban J connectivity index is 3.52. The molecule has 0 bridgehead atoms. The lowest BCUT2D eigenvalue weighted by Gasteiger charge is -1.87. The summed E-state index contributed by atoms with van der Waals surface area (Å²) in [6, 6.07) is 0. The Bertz CT molecular complexity index is 175. The van der Waals surface area contributed by atoms with E-state index in [4.69, 9.17) is 0 Å². The van der Waals surface area contributed by atoms with Gasteiger partial charge in [-0.25, -0.2) is 0 Å². The number of unbranched alkanes of at least 4 members (excludes halogenated alkanes) is 1. The number of hydrogen-bond acceptors (Lipinski definition) is 1. The summed E-state index contributed by atoms with van der Waals surface area (Å²) in [6.45, 7) is 7.25. The molecule has 0 unspecified atom stereocenters. The third-order valence-corrected chi connectivity index (χ3v) is 1.65. The molecule has 0 atom stereocenters. The Hall–Kier alpha value is -0.850. The highest BCUT2D eigenvalue weighted by Crippen LogP contribution is 1.92. The largest absolute Gasteiger partial charge is 0.293 e. The summed E-state index contributed by atoms with van der Waals surface area (Å²) < 4.78 is 0. The van der Waals surface area contributed by atoms with Gasteiger partial charge in [0, 0.05) is 12.8 Å². The number of nitrogens with zero attached hydrogens (tertiary/aromatic N) is 1. The van der Waals surface area contributed by atoms with Crippen molar-refractivity contribution in [3.8, 4) is 0 Å². The predicted molar refractivity (Wildman–Crippen MR) is 56.8 cm³/mol. The molecule has 0 saturated heterocycles. The fourth-order valence-corrected chi connectivity index (χ4v) is 0.676. The van der Waals surface area contributed by atoms with Crippen molar-refractivity contribution in [2.24, 2.45) is 4.99 Å². The Morgan fingerprint density at radius 1 is 1.42 bits per heavy atom. The maximum atomic E-state index is 4.23. The van der Waals surface area contributed by atoms with Gasteiger partial charge in [-0.3, -0.25) is 4.99 Å². The first kappa shape index (κ1) is 11.2. The number of allylic oxidation sites excluding steroid dienone is 4. The molecular formula is C11H19N. The van der Waals surface area contributed by atoms with Crippen LogP contribution in [0.15, 0.2) is 28.8 Å². The van der Waals surface area contributed by atoms with Crippen molar-refractivity contribution >= 4 is 6.21 Å². The molecular weight excluding hydrogens is 146 g/mol. The average molecular weight is 165 g/mol. The fraction of sp³-hybridized carbons (Fsp3) is 0.545. The summed E-state index contributed by atoms with van der Waals surface area (Å²) in [7, 11) is 0. The number of hydrogen-bond donors (Lipinski definition) is 0. The zero-order valence-corrected chi connectivity index (χ0v) is 8.38. The van der Waals surface area contributed by atoms with Crippen LogP contribution in [0.2, 0.25) is 0 Å². The van der Waals surface area contributed by atoms with E-state index >= 15 is 0 Å². The van der Waals surface area contributed by atoms with E-state index in [1.54, 1.807) is 0 Å². The average Bonchev–Trinajstić information content (AvgIpc) is 2.10. The highest BCUT2D eigenvalue weighted by Gasteiger charge is 1.76. The molecule has 0 aromatic carbocycles. The molecule has 0 heterocycles. The molecule has 0 aromatic rings. The lowest BCUT2D eigenvalue weighted by atomic mass is 10.3. The molecule has 68 valence electrons. The first-order valence-electron chi connectivity index (χ1n) is 4.60. The number of rotatable bonds is 5. The molecule has 0 radical (unpaired) electrons. The molecule has 0 N–H and O–H groups in total. The van der Waals surface area contributed by atoms with Crippen LogP contribution in [0.1, 0.15) is 33.6 Å². The van der Waals surface area contributed by atoms with E-state index in [0.29, 0.717) is 0 Å². The van der Waals surface area contributed by atoms with Gasteiger partial charge in [0.05, 0.1) is 0 Å². The van der Waals surface area contributed by atoms with Gasteiger partial charge >= 0.3 is 0 Å². The molecule has 0 aromatic heterocycles. The third kappa shape index (κ3) is 7.26. The lowest BCUT2D eigenvalue weighted by molar-refractivity contribution is 0.810. The zero-order valence-electron chi connectivity index (χ0n) is 8.38. The second-order valence-electron chi connectivity index (χ2n) is 2.80. The first-order chi connectivity index (χ1) is 5.81. The maximum absolute atomic E-state index is 4.23. The molecule has 0 spiro atoms. The van der Waals surface area contributed by atoms with E-state index < -0.39 is 0 Å². The summed E-state index contributed by atoms with van der Waals surface area (Å²) in [5, 5.41) is 0. The van der Waals surface area contributed by atoms with E-state index in [0.717, 1.165) is 6.54 Å². The topological polar surface area (TPSA) is 12.4 Å². The van der Waals surface area contributed by atoms with Crippen LogP contribution in [-0.4, -0.2) is 12.8 Å². The minimum atomic E-state index is 0.954. The van der Waals surface area contributed by atoms with Crippen molar-refractivity contribution in [2.45, 2.75) is 33.6 Å². The van der Waals surface area contributed by atoms with Crippen LogP contribution in [0.4, 0.5) is 0 Å². The Labute approximate surface area is 75.9 Å². The van der Waals surface area contributed by atoms with Crippen LogP contribution in [0.3, 0.4) is 0 Å². The van der Waals surface area contributed by atoms with Gasteiger partial charge in [0.2, 0.25) is 0 Å². The van der Waals surface area contributed by atoms with Gasteiger partial charge in [0.25, 0.3) is 0 Å². The summed E-state index contributed by atoms with van der Waals surface area (Å²) in [6.07, 6.45) is 10.4. The van der Waals surface area contributed by atoms with Crippen molar-refractivity contribution < 1.29 is 0 Å². The second kappa shape index (κ2) is 8.25. The standard InChI is InChI=1S/C11H19N/c1-4-6-9-12-10-7-8-11(3)5-2/h5,7-8,10H,4,6,9H2,1-3H3/b8-7-,11-5-,12-10?. The zero-order chi connectivity index (χ0) is 9.23. The smallest absolute Gasteiger partial charge is 0.0389 e. The predicted octanol–water partition coefficient (Wildman–Crippen LogP) is 3.38. The van der Waals surface area contributed by atoms with Gasteiger partial charge in [0.15, 0.2) is 0 Å². The van der Waals surface area contributed by atoms with E-state index in [1.165, 1.54) is 18.4 Å². The Kier molecular flexibility index (Phi) is 7.66. The van der Waals surface area contributed by atoms with Gasteiger partial charge in [-0.1, -0.05) is 31.1 Å². The van der Waals surface area contributed by atoms with Gasteiger partial charge in [-0.05, 0) is 26.3 Å². The molecule has 0 aliphatic rings. The van der Waals surface area contributed by atoms with Crippen LogP contribution < -0.4 is 0 Å². The molecule has 1 heteroatoms. The van der Waals surface area contributed by atoms with Crippen LogP contribution in [0, 0.1) is 0 Å². The van der Waals surface area contributed by atoms with Crippen molar-refractivity contribution in [2.75, 3.05) is 6.54 Å². The molecule has 0 aliphatic heterocycles. The van der Waals surface area contributed by atoms with Crippen LogP contribution in [0.5, 0.6) is 0 Å². The SMILES string of the molecule is C/C=C(C)\C=C/C=NCCCC. The van der Waals surface area contributed by atoms with Crippen molar-refractivity contribution in [3.63, 3.8) is 0 Å². The summed E-state index contributed by atoms with van der Waals surface area (Å²) in [5.74, 6) is 0. The molecule has 0 amide bonds. The fourth-order valence-electron chi connectivity index (χ4n) is 0.676. The third-order valence-electron chi connectivity index (χ3n) is 1.65. The first-order valence-corrected chi connectivity index (χ1v) is 4.60. The van der Waals surface area contributed by atoms with Crippen LogP contribution in [0.25, 0.3) is 0 Å². The quantitative estimate of drug-likeness (QED) is 0.336. The van der Waals surface area contributed by atoms with E-state index in [2.05, 4.69) is 31.0 Å². The minimum absolute atomic E-state index is 0.954. The summed E-state index contributed by atoms with van der Waals surface area (Å²) in [4.78, 5) is 4.23. The second-order valence-corrected chi connectivity index (χ2v) is 2.80. The number of aliphatic imine (C=N–C) groups is 1. The highest BCUT2D eigenvalue weighted by molar-refractivity contribution is 5.71. The normalized spacial score (nSPS) is 13.4. The van der Waals surface area contributed by atoms with E-state index in [1.807, 2.05) is 19.2 Å². The van der Waals surface area contributed by atoms with E-state index in [-0.39, 0.29) is 0 Å². The lowest BCUT2D eigenvalue weighted by Crippen LogP contribution is -1.78. The molecule has 1 nitrogen and oxygen atoms in total. The highest BCUT2D eigenvalue weighted by atomic mass is 14.7. The summed E-state index contributed by atoms with van der Waals surface area (Å²) in [5.41, 5.74) is 1.27. The van der Waals surface area contributed by atoms with Crippen molar-refractivity contribution in [3.05, 3.63) is 23.8 Å². The van der Waals surface area contributed by atoms with Crippen molar-refractivity contribution in [1.29, 1.82) is 0 Å². The Morgan fingerprint density at radius 2 is 2.17 bits per heavy atom. The van der Waals surface area contributed by atoms with Crippen LogP contribution in [-0.2, 0) is 0 Å². The Morgan fingerprint density at radius 3 is 2.75 bits per heavy atom. The van der Waals surface area contributed by atoms with Crippen molar-refractivity contribution in [1.82, 2.24) is 0 Å². The van der Waals surface area contributed by atoms with Gasteiger partial charge in [-0.2, -0.15) is 0 Å². The van der Waals surface area contributed by atoms with Gasteiger partial charge in [0.1, 0.15) is 0 Å². The molecule has 0 aliphatic carbocycles. The van der Waals surface area contributed by atoms with Gasteiger partial charge < -0.3 is 0 Å². The molecule has 12 heavy (non-hydrogen) atoms. The van der Waals surface area contributed by atoms with Crippen LogP contribution >= 0.6 is 0 Å².